The van der Waals surface area contributed by atoms with Crippen molar-refractivity contribution in [1.82, 2.24) is 0 Å². The predicted octanol–water partition coefficient (Wildman–Crippen LogP) is 3.82. The Kier molecular flexibility index (Phi) is 5.79. The maximum atomic E-state index is 12.9. The summed E-state index contributed by atoms with van der Waals surface area (Å²) in [5, 5.41) is 0. The van der Waals surface area contributed by atoms with E-state index in [0.717, 1.165) is 4.90 Å². The second kappa shape index (κ2) is 8.68. The molecule has 2 amide bonds. The molecule has 1 aliphatic rings. The van der Waals surface area contributed by atoms with Crippen LogP contribution >= 0.6 is 12.6 Å². The second-order valence-corrected chi connectivity index (χ2v) is 7.40. The van der Waals surface area contributed by atoms with Crippen LogP contribution in [0.3, 0.4) is 0 Å². The van der Waals surface area contributed by atoms with Crippen molar-refractivity contribution >= 4 is 41.9 Å². The number of ketones is 1. The lowest BCUT2D eigenvalue weighted by Gasteiger charge is -2.15. The molecule has 7 nitrogen and oxygen atoms in total. The van der Waals surface area contributed by atoms with E-state index in [9.17, 15) is 19.2 Å². The number of thiol groups is 1. The fraction of sp³-hybridized carbons (Fsp3) is 0.0833. The van der Waals surface area contributed by atoms with Crippen LogP contribution in [0.25, 0.3) is 0 Å². The summed E-state index contributed by atoms with van der Waals surface area (Å²) in [5.74, 6) is -1.62. The van der Waals surface area contributed by atoms with Gasteiger partial charge in [-0.05, 0) is 54.6 Å². The summed E-state index contributed by atoms with van der Waals surface area (Å²) in [5.41, 5.74) is 1.05. The normalized spacial score (nSPS) is 12.5. The van der Waals surface area contributed by atoms with Crippen LogP contribution in [0.15, 0.2) is 71.6 Å². The zero-order valence-electron chi connectivity index (χ0n) is 16.9. The summed E-state index contributed by atoms with van der Waals surface area (Å²) in [6.07, 6.45) is 0. The molecular formula is C24H17NO6S. The van der Waals surface area contributed by atoms with Crippen molar-refractivity contribution in [2.75, 3.05) is 18.6 Å². The van der Waals surface area contributed by atoms with Gasteiger partial charge in [-0.2, -0.15) is 0 Å². The summed E-state index contributed by atoms with van der Waals surface area (Å²) in [6, 6.07) is 17.2. The average Bonchev–Trinajstić information content (AvgIpc) is 3.07. The largest absolute Gasteiger partial charge is 0.497 e. The lowest BCUT2D eigenvalue weighted by molar-refractivity contribution is 0.0474. The Morgan fingerprint density at radius 3 is 2.22 bits per heavy atom. The molecule has 32 heavy (non-hydrogen) atoms. The molecule has 3 aromatic rings. The molecule has 0 spiro atoms. The van der Waals surface area contributed by atoms with Crippen LogP contribution in [0.4, 0.5) is 5.69 Å². The Hall–Kier alpha value is -3.91. The van der Waals surface area contributed by atoms with E-state index in [4.69, 9.17) is 9.47 Å². The van der Waals surface area contributed by atoms with Crippen molar-refractivity contribution in [3.8, 4) is 5.75 Å². The molecule has 0 radical (unpaired) electrons. The van der Waals surface area contributed by atoms with E-state index in [0.29, 0.717) is 21.9 Å². The lowest BCUT2D eigenvalue weighted by Crippen LogP contribution is -2.29. The monoisotopic (exact) mass is 447 g/mol. The maximum absolute atomic E-state index is 12.9. The Morgan fingerprint density at radius 1 is 0.875 bits per heavy atom. The molecule has 4 rings (SSSR count). The highest BCUT2D eigenvalue weighted by atomic mass is 32.1. The van der Waals surface area contributed by atoms with Crippen molar-refractivity contribution < 1.29 is 28.7 Å². The number of rotatable bonds is 6. The van der Waals surface area contributed by atoms with Gasteiger partial charge in [0.15, 0.2) is 12.4 Å². The molecule has 0 saturated carbocycles. The number of fused-ring (bicyclic) bond motifs is 1. The van der Waals surface area contributed by atoms with Crippen LogP contribution in [0.5, 0.6) is 5.75 Å². The summed E-state index contributed by atoms with van der Waals surface area (Å²) in [7, 11) is 1.52. The number of nitrogens with zero attached hydrogens (tertiary/aromatic N) is 1. The zero-order chi connectivity index (χ0) is 22.8. The number of benzene rings is 3. The zero-order valence-corrected chi connectivity index (χ0v) is 17.8. The van der Waals surface area contributed by atoms with E-state index in [1.54, 1.807) is 48.5 Å². The van der Waals surface area contributed by atoms with Gasteiger partial charge in [0.05, 0.1) is 29.5 Å². The topological polar surface area (TPSA) is 90.0 Å². The molecule has 0 aliphatic carbocycles. The van der Waals surface area contributed by atoms with Crippen molar-refractivity contribution in [3.05, 3.63) is 89.0 Å². The first kappa shape index (κ1) is 21.3. The molecule has 0 atom stereocenters. The fourth-order valence-corrected chi connectivity index (χ4v) is 3.58. The van der Waals surface area contributed by atoms with E-state index in [1.807, 2.05) is 0 Å². The van der Waals surface area contributed by atoms with E-state index in [-0.39, 0.29) is 22.5 Å². The number of hydrogen-bond donors (Lipinski definition) is 1. The highest BCUT2D eigenvalue weighted by Crippen LogP contribution is 2.32. The number of amides is 2. The number of para-hydroxylation sites is 1. The van der Waals surface area contributed by atoms with Gasteiger partial charge in [-0.15, -0.1) is 12.6 Å². The van der Waals surface area contributed by atoms with Crippen LogP contribution in [-0.2, 0) is 4.74 Å². The van der Waals surface area contributed by atoms with Crippen LogP contribution in [0, 0.1) is 0 Å². The second-order valence-electron chi connectivity index (χ2n) is 6.92. The molecule has 0 N–H and O–H groups in total. The highest BCUT2D eigenvalue weighted by molar-refractivity contribution is 7.80. The first-order valence-corrected chi connectivity index (χ1v) is 10.0. The molecular weight excluding hydrogens is 430 g/mol. The van der Waals surface area contributed by atoms with Crippen molar-refractivity contribution in [2.24, 2.45) is 0 Å². The minimum atomic E-state index is -0.775. The van der Waals surface area contributed by atoms with Gasteiger partial charge in [0.25, 0.3) is 11.8 Å². The number of carbonyl (C=O) groups is 4. The number of esters is 1. The third-order valence-corrected chi connectivity index (χ3v) is 5.37. The molecule has 1 aliphatic heterocycles. The first-order valence-electron chi connectivity index (χ1n) is 9.56. The summed E-state index contributed by atoms with van der Waals surface area (Å²) in [4.78, 5) is 51.9. The van der Waals surface area contributed by atoms with Gasteiger partial charge in [-0.3, -0.25) is 14.4 Å². The van der Waals surface area contributed by atoms with Crippen LogP contribution in [-0.4, -0.2) is 37.3 Å². The van der Waals surface area contributed by atoms with Crippen LogP contribution < -0.4 is 9.64 Å². The smallest absolute Gasteiger partial charge is 0.338 e. The molecule has 160 valence electrons. The Bertz CT molecular complexity index is 1250. The minimum Gasteiger partial charge on any atom is -0.497 e. The predicted molar refractivity (Wildman–Crippen MR) is 119 cm³/mol. The fourth-order valence-electron chi connectivity index (χ4n) is 3.31. The molecule has 0 aromatic heterocycles. The number of carbonyl (C=O) groups excluding carboxylic acids is 4. The SMILES string of the molecule is COc1ccc(C(=O)COC(=O)c2ccc3c(c2)C(=O)N(c2ccccc2S)C3=O)cc1. The third-order valence-electron chi connectivity index (χ3n) is 4.99. The molecule has 0 unspecified atom stereocenters. The Morgan fingerprint density at radius 2 is 1.53 bits per heavy atom. The summed E-state index contributed by atoms with van der Waals surface area (Å²) >= 11 is 4.31. The van der Waals surface area contributed by atoms with Gasteiger partial charge in [0.2, 0.25) is 0 Å². The van der Waals surface area contributed by atoms with Crippen LogP contribution in [0.1, 0.15) is 41.4 Å². The van der Waals surface area contributed by atoms with E-state index in [1.165, 1.54) is 25.3 Å². The van der Waals surface area contributed by atoms with Crippen LogP contribution in [0.2, 0.25) is 0 Å². The quantitative estimate of drug-likeness (QED) is 0.267. The molecule has 0 saturated heterocycles. The van der Waals surface area contributed by atoms with Gasteiger partial charge in [-0.1, -0.05) is 12.1 Å². The Labute approximate surface area is 189 Å². The standard InChI is InChI=1S/C24H17NO6S/c1-30-16-9-6-14(7-10-16)20(26)13-31-24(29)15-8-11-17-18(12-15)23(28)25(22(17)27)19-4-2-3-5-21(19)32/h2-12,32H,13H2,1H3. The van der Waals surface area contributed by atoms with Gasteiger partial charge in [0, 0.05) is 10.5 Å². The highest BCUT2D eigenvalue weighted by Gasteiger charge is 2.38. The van der Waals surface area contributed by atoms with E-state index in [2.05, 4.69) is 12.6 Å². The Balaban J connectivity index is 1.49. The average molecular weight is 447 g/mol. The van der Waals surface area contributed by atoms with Gasteiger partial charge in [0.1, 0.15) is 5.75 Å². The van der Waals surface area contributed by atoms with Gasteiger partial charge < -0.3 is 9.47 Å². The summed E-state index contributed by atoms with van der Waals surface area (Å²) < 4.78 is 10.2. The number of methoxy groups -OCH3 is 1. The number of hydrogen-bond acceptors (Lipinski definition) is 7. The van der Waals surface area contributed by atoms with E-state index >= 15 is 0 Å². The van der Waals surface area contributed by atoms with Gasteiger partial charge >= 0.3 is 5.97 Å². The minimum absolute atomic E-state index is 0.0634. The maximum Gasteiger partial charge on any atom is 0.338 e. The first-order chi connectivity index (χ1) is 15.4. The molecule has 8 heteroatoms. The molecule has 0 bridgehead atoms. The third kappa shape index (κ3) is 3.88. The van der Waals surface area contributed by atoms with Crippen molar-refractivity contribution in [1.29, 1.82) is 0 Å². The number of imide groups is 1. The molecule has 0 fully saturated rings. The van der Waals surface area contributed by atoms with Crippen molar-refractivity contribution in [3.63, 3.8) is 0 Å². The lowest BCUT2D eigenvalue weighted by atomic mass is 10.1. The molecule has 3 aromatic carbocycles. The molecule has 1 heterocycles. The van der Waals surface area contributed by atoms with Crippen molar-refractivity contribution in [2.45, 2.75) is 4.90 Å². The summed E-state index contributed by atoms with van der Waals surface area (Å²) in [6.45, 7) is -0.464. The van der Waals surface area contributed by atoms with Gasteiger partial charge in [-0.25, -0.2) is 9.69 Å². The van der Waals surface area contributed by atoms with E-state index < -0.39 is 24.4 Å². The number of ether oxygens (including phenoxy) is 2. The number of anilines is 1. The number of Topliss-reactive ketones (excluding diaryl/α,β-unsaturated/α-hetero) is 1.